The second kappa shape index (κ2) is 59.6. The van der Waals surface area contributed by atoms with Crippen molar-refractivity contribution >= 4 is 11.9 Å². The summed E-state index contributed by atoms with van der Waals surface area (Å²) >= 11 is 0. The summed E-state index contributed by atoms with van der Waals surface area (Å²) in [6.07, 6.45) is 74.7. The quantitative estimate of drug-likeness (QED) is 0.0321. The molecule has 2 unspecified atom stereocenters. The van der Waals surface area contributed by atoms with E-state index < -0.39 is 12.1 Å². The molecule has 0 saturated carbocycles. The molecule has 0 aliphatic rings. The largest absolute Gasteiger partial charge is 0.466 e. The zero-order valence-electron chi connectivity index (χ0n) is 47.0. The maximum atomic E-state index is 12.5. The summed E-state index contributed by atoms with van der Waals surface area (Å²) in [6.45, 7) is 4.91. The van der Waals surface area contributed by atoms with Gasteiger partial charge in [-0.1, -0.05) is 294 Å². The zero-order valence-corrected chi connectivity index (χ0v) is 47.0. The average Bonchev–Trinajstić information content (AvgIpc) is 3.36. The maximum Gasteiger partial charge on any atom is 0.305 e. The number of ether oxygens (including phenoxy) is 1. The first-order valence-electron chi connectivity index (χ1n) is 31.3. The highest BCUT2D eigenvalue weighted by molar-refractivity contribution is 5.76. The summed E-state index contributed by atoms with van der Waals surface area (Å²) in [5.74, 6) is -0.0692. The normalized spacial score (nSPS) is 12.8. The van der Waals surface area contributed by atoms with Crippen LogP contribution in [0.2, 0.25) is 0 Å². The molecule has 0 aromatic rings. The Kier molecular flexibility index (Phi) is 58.0. The standard InChI is InChI=1S/C64H121NO5/c1-3-5-7-9-11-13-15-17-18-19-27-30-33-36-40-44-48-52-56-62(67)61(60-66)65-63(68)57-53-49-45-41-37-34-31-28-25-23-21-20-22-24-26-29-32-35-39-43-47-51-55-59-70-64(69)58-54-50-46-42-38-16-14-12-10-8-6-4-2/h20,22-23,25,52,56,61-62,66-67H,3-19,21,24,26-51,53-55,57-60H2,1-2H3,(H,65,68)/b22-20-,25-23-,56-52+. The van der Waals surface area contributed by atoms with Gasteiger partial charge in [0.25, 0.3) is 0 Å². The van der Waals surface area contributed by atoms with Gasteiger partial charge in [-0.3, -0.25) is 9.59 Å². The molecular formula is C64H121NO5. The first kappa shape index (κ1) is 68.1. The van der Waals surface area contributed by atoms with Crippen molar-refractivity contribution < 1.29 is 24.5 Å². The molecule has 6 heteroatoms. The van der Waals surface area contributed by atoms with E-state index in [1.807, 2.05) is 6.08 Å². The van der Waals surface area contributed by atoms with Crippen LogP contribution < -0.4 is 5.32 Å². The molecule has 0 aromatic carbocycles. The van der Waals surface area contributed by atoms with Crippen molar-refractivity contribution in [2.24, 2.45) is 0 Å². The first-order chi connectivity index (χ1) is 34.5. The minimum Gasteiger partial charge on any atom is -0.466 e. The van der Waals surface area contributed by atoms with Gasteiger partial charge >= 0.3 is 5.97 Å². The fourth-order valence-corrected chi connectivity index (χ4v) is 9.61. The molecule has 0 rings (SSSR count). The van der Waals surface area contributed by atoms with Gasteiger partial charge < -0.3 is 20.3 Å². The lowest BCUT2D eigenvalue weighted by atomic mass is 10.0. The van der Waals surface area contributed by atoms with E-state index in [0.29, 0.717) is 19.4 Å². The van der Waals surface area contributed by atoms with Crippen molar-refractivity contribution in [1.29, 1.82) is 0 Å². The molecule has 0 heterocycles. The lowest BCUT2D eigenvalue weighted by Gasteiger charge is -2.20. The van der Waals surface area contributed by atoms with Crippen LogP contribution in [-0.4, -0.2) is 47.4 Å². The van der Waals surface area contributed by atoms with Gasteiger partial charge in [0.1, 0.15) is 0 Å². The van der Waals surface area contributed by atoms with Crippen molar-refractivity contribution in [3.05, 3.63) is 36.5 Å². The van der Waals surface area contributed by atoms with Crippen molar-refractivity contribution in [2.45, 2.75) is 347 Å². The van der Waals surface area contributed by atoms with Crippen LogP contribution in [0.1, 0.15) is 335 Å². The minimum atomic E-state index is -0.852. The van der Waals surface area contributed by atoms with Gasteiger partial charge in [-0.25, -0.2) is 0 Å². The summed E-state index contributed by atoms with van der Waals surface area (Å²) in [4.78, 5) is 24.5. The fraction of sp³-hybridized carbons (Fsp3) is 0.875. The van der Waals surface area contributed by atoms with E-state index in [2.05, 4.69) is 43.5 Å². The predicted octanol–water partition coefficient (Wildman–Crippen LogP) is 19.6. The molecule has 0 bridgehead atoms. The summed E-state index contributed by atoms with van der Waals surface area (Å²) in [5.41, 5.74) is 0. The summed E-state index contributed by atoms with van der Waals surface area (Å²) in [5, 5.41) is 23.2. The van der Waals surface area contributed by atoms with Crippen molar-refractivity contribution in [3.8, 4) is 0 Å². The molecule has 2 atom stereocenters. The van der Waals surface area contributed by atoms with Crippen molar-refractivity contribution in [1.82, 2.24) is 5.32 Å². The number of allylic oxidation sites excluding steroid dienone is 5. The van der Waals surface area contributed by atoms with Crippen molar-refractivity contribution in [3.63, 3.8) is 0 Å². The van der Waals surface area contributed by atoms with E-state index in [0.717, 1.165) is 57.8 Å². The van der Waals surface area contributed by atoms with Gasteiger partial charge in [-0.15, -0.1) is 0 Å². The molecule has 1 amide bonds. The third kappa shape index (κ3) is 55.4. The Bertz CT molecular complexity index is 1130. The lowest BCUT2D eigenvalue weighted by molar-refractivity contribution is -0.143. The molecule has 0 aliphatic carbocycles. The highest BCUT2D eigenvalue weighted by Crippen LogP contribution is 2.17. The highest BCUT2D eigenvalue weighted by Gasteiger charge is 2.18. The Morgan fingerprint density at radius 2 is 0.714 bits per heavy atom. The van der Waals surface area contributed by atoms with Crippen LogP contribution in [0, 0.1) is 0 Å². The number of nitrogens with one attached hydrogen (secondary N) is 1. The van der Waals surface area contributed by atoms with E-state index >= 15 is 0 Å². The van der Waals surface area contributed by atoms with E-state index in [1.165, 1.54) is 250 Å². The third-order valence-corrected chi connectivity index (χ3v) is 14.4. The Morgan fingerprint density at radius 1 is 0.400 bits per heavy atom. The van der Waals surface area contributed by atoms with Gasteiger partial charge in [0.2, 0.25) is 5.91 Å². The molecule has 0 aliphatic heterocycles. The molecule has 0 spiro atoms. The average molecular weight is 985 g/mol. The van der Waals surface area contributed by atoms with Gasteiger partial charge in [0.15, 0.2) is 0 Å². The molecule has 0 radical (unpaired) electrons. The Hall–Kier alpha value is -1.92. The summed E-state index contributed by atoms with van der Waals surface area (Å²) < 4.78 is 5.47. The number of esters is 1. The Balaban J connectivity index is 3.48. The van der Waals surface area contributed by atoms with Crippen molar-refractivity contribution in [2.75, 3.05) is 13.2 Å². The monoisotopic (exact) mass is 984 g/mol. The highest BCUT2D eigenvalue weighted by atomic mass is 16.5. The number of hydrogen-bond donors (Lipinski definition) is 3. The number of unbranched alkanes of at least 4 members (excludes halogenated alkanes) is 43. The summed E-state index contributed by atoms with van der Waals surface area (Å²) in [7, 11) is 0. The second-order valence-electron chi connectivity index (χ2n) is 21.4. The van der Waals surface area contributed by atoms with Crippen LogP contribution in [0.4, 0.5) is 0 Å². The van der Waals surface area contributed by atoms with Crippen LogP contribution >= 0.6 is 0 Å². The van der Waals surface area contributed by atoms with Crippen LogP contribution in [0.5, 0.6) is 0 Å². The zero-order chi connectivity index (χ0) is 50.7. The van der Waals surface area contributed by atoms with E-state index in [4.69, 9.17) is 4.74 Å². The van der Waals surface area contributed by atoms with Crippen LogP contribution in [0.25, 0.3) is 0 Å². The molecule has 70 heavy (non-hydrogen) atoms. The molecule has 6 nitrogen and oxygen atoms in total. The van der Waals surface area contributed by atoms with Crippen LogP contribution in [0.15, 0.2) is 36.5 Å². The first-order valence-corrected chi connectivity index (χ1v) is 31.3. The Labute approximate surface area is 436 Å². The molecular weight excluding hydrogens is 863 g/mol. The number of aliphatic hydroxyl groups is 2. The van der Waals surface area contributed by atoms with Crippen LogP contribution in [0.3, 0.4) is 0 Å². The molecule has 0 fully saturated rings. The lowest BCUT2D eigenvalue weighted by Crippen LogP contribution is -2.45. The molecule has 0 saturated heterocycles. The number of rotatable bonds is 58. The molecule has 412 valence electrons. The number of amides is 1. The maximum absolute atomic E-state index is 12.5. The smallest absolute Gasteiger partial charge is 0.305 e. The topological polar surface area (TPSA) is 95.9 Å². The number of carbonyl (C=O) groups excluding carboxylic acids is 2. The molecule has 3 N–H and O–H groups in total. The number of hydrogen-bond acceptors (Lipinski definition) is 5. The second-order valence-corrected chi connectivity index (χ2v) is 21.4. The van der Waals surface area contributed by atoms with Gasteiger partial charge in [-0.05, 0) is 64.2 Å². The van der Waals surface area contributed by atoms with E-state index in [1.54, 1.807) is 6.08 Å². The Morgan fingerprint density at radius 3 is 1.09 bits per heavy atom. The summed E-state index contributed by atoms with van der Waals surface area (Å²) in [6, 6.07) is -0.636. The minimum absolute atomic E-state index is 0.00724. The van der Waals surface area contributed by atoms with Crippen LogP contribution in [-0.2, 0) is 14.3 Å². The van der Waals surface area contributed by atoms with E-state index in [-0.39, 0.29) is 18.5 Å². The number of aliphatic hydroxyl groups excluding tert-OH is 2. The number of carbonyl (C=O) groups is 2. The third-order valence-electron chi connectivity index (χ3n) is 14.4. The fourth-order valence-electron chi connectivity index (χ4n) is 9.61. The van der Waals surface area contributed by atoms with E-state index in [9.17, 15) is 19.8 Å². The molecule has 0 aromatic heterocycles. The predicted molar refractivity (Wildman–Crippen MR) is 306 cm³/mol. The van der Waals surface area contributed by atoms with Gasteiger partial charge in [0, 0.05) is 12.8 Å². The van der Waals surface area contributed by atoms with Gasteiger partial charge in [-0.2, -0.15) is 0 Å². The SMILES string of the molecule is CCCCCCCCCCCCCCCCCC/C=C/C(O)C(CO)NC(=O)CCCCCCCCC/C=C\C/C=C\CCCCCCCCCCCOC(=O)CCCCCCCCCCCCCC. The van der Waals surface area contributed by atoms with Gasteiger partial charge in [0.05, 0.1) is 25.4 Å².